The number of nitrogens with zero attached hydrogens (tertiary/aromatic N) is 3. The number of carboxylic acid groups (broad SMARTS) is 1. The summed E-state index contributed by atoms with van der Waals surface area (Å²) in [7, 11) is 1.54. The number of rotatable bonds is 10. The second kappa shape index (κ2) is 8.84. The number of carboxylic acids is 1. The van der Waals surface area contributed by atoms with Gasteiger partial charge in [0.25, 0.3) is 0 Å². The summed E-state index contributed by atoms with van der Waals surface area (Å²) in [5, 5.41) is 17.8. The zero-order valence-corrected chi connectivity index (χ0v) is 18.4. The summed E-state index contributed by atoms with van der Waals surface area (Å²) in [4.78, 5) is 11.3. The quantitative estimate of drug-likeness (QED) is 0.475. The fraction of sp³-hybridized carbons (Fsp3) is 0.400. The Morgan fingerprint density at radius 2 is 2.00 bits per heavy atom. The zero-order chi connectivity index (χ0) is 22.9. The number of aliphatic carboxylic acids is 1. The third-order valence-corrected chi connectivity index (χ3v) is 6.37. The van der Waals surface area contributed by atoms with Crippen LogP contribution in [0.3, 0.4) is 0 Å². The maximum atomic E-state index is 14.6. The number of methoxy groups -OCH3 is 1. The number of hydrogen-bond donors (Lipinski definition) is 1. The predicted octanol–water partition coefficient (Wildman–Crippen LogP) is 4.84. The molecular formula is C25H26FN3O4. The summed E-state index contributed by atoms with van der Waals surface area (Å²) in [5.74, 6) is 0.726. The third-order valence-electron chi connectivity index (χ3n) is 6.37. The molecule has 2 aliphatic rings. The maximum Gasteiger partial charge on any atom is 0.303 e. The van der Waals surface area contributed by atoms with Gasteiger partial charge in [0, 0.05) is 12.0 Å². The van der Waals surface area contributed by atoms with Crippen LogP contribution in [0.25, 0.3) is 5.69 Å². The average molecular weight is 451 g/mol. The van der Waals surface area contributed by atoms with Gasteiger partial charge in [-0.25, -0.2) is 9.07 Å². The van der Waals surface area contributed by atoms with Crippen LogP contribution in [-0.4, -0.2) is 33.2 Å². The first-order valence-corrected chi connectivity index (χ1v) is 11.3. The number of hydrogen-bond acceptors (Lipinski definition) is 5. The summed E-state index contributed by atoms with van der Waals surface area (Å²) in [6.45, 7) is 0.202. The van der Waals surface area contributed by atoms with Gasteiger partial charge in [-0.2, -0.15) is 0 Å². The molecule has 0 amide bonds. The topological polar surface area (TPSA) is 86.5 Å². The lowest BCUT2D eigenvalue weighted by Gasteiger charge is -2.16. The van der Waals surface area contributed by atoms with Gasteiger partial charge in [-0.1, -0.05) is 17.3 Å². The molecule has 0 radical (unpaired) electrons. The van der Waals surface area contributed by atoms with Crippen LogP contribution in [0.1, 0.15) is 60.9 Å². The standard InChI is InChI=1S/C25H26FN3O4/c1-32-18-9-10-21(26)23(12-18)29-25(16-7-8-16)22(27-28-29)14-33-19-4-2-3-17(11-19)20(13-24(30)31)15-5-6-15/h2-4,9-12,15-16,20H,5-8,13-14H2,1H3,(H,30,31)/t20-/m0/s1. The summed E-state index contributed by atoms with van der Waals surface area (Å²) < 4.78 is 27.4. The van der Waals surface area contributed by atoms with E-state index in [0.29, 0.717) is 28.8 Å². The molecule has 0 saturated heterocycles. The van der Waals surface area contributed by atoms with Crippen molar-refractivity contribution in [3.8, 4) is 17.2 Å². The van der Waals surface area contributed by atoms with E-state index in [1.807, 2.05) is 24.3 Å². The SMILES string of the molecule is COc1ccc(F)c(-n2nnc(COc3cccc([C@@H](CC(=O)O)C4CC4)c3)c2C2CC2)c1. The fourth-order valence-electron chi connectivity index (χ4n) is 4.38. The van der Waals surface area contributed by atoms with E-state index < -0.39 is 11.8 Å². The van der Waals surface area contributed by atoms with Gasteiger partial charge in [-0.05, 0) is 67.3 Å². The highest BCUT2D eigenvalue weighted by Gasteiger charge is 2.34. The monoisotopic (exact) mass is 451 g/mol. The van der Waals surface area contributed by atoms with Crippen molar-refractivity contribution < 1.29 is 23.8 Å². The second-order valence-corrected chi connectivity index (χ2v) is 8.83. The van der Waals surface area contributed by atoms with Gasteiger partial charge in [0.2, 0.25) is 0 Å². The van der Waals surface area contributed by atoms with Gasteiger partial charge >= 0.3 is 5.97 Å². The van der Waals surface area contributed by atoms with Crippen molar-refractivity contribution >= 4 is 5.97 Å². The van der Waals surface area contributed by atoms with E-state index in [0.717, 1.165) is 36.9 Å². The molecule has 0 spiro atoms. The molecular weight excluding hydrogens is 425 g/mol. The molecule has 1 heterocycles. The van der Waals surface area contributed by atoms with E-state index in [9.17, 15) is 14.3 Å². The maximum absolute atomic E-state index is 14.6. The summed E-state index contributed by atoms with van der Waals surface area (Å²) in [6, 6.07) is 12.2. The Kier molecular flexibility index (Phi) is 5.74. The lowest BCUT2D eigenvalue weighted by Crippen LogP contribution is -2.09. The normalized spacial score (nSPS) is 16.4. The largest absolute Gasteiger partial charge is 0.497 e. The summed E-state index contributed by atoms with van der Waals surface area (Å²) >= 11 is 0. The Bertz CT molecular complexity index is 1170. The lowest BCUT2D eigenvalue weighted by molar-refractivity contribution is -0.137. The van der Waals surface area contributed by atoms with E-state index in [2.05, 4.69) is 10.3 Å². The molecule has 0 bridgehead atoms. The van der Waals surface area contributed by atoms with Gasteiger partial charge in [-0.15, -0.1) is 5.10 Å². The van der Waals surface area contributed by atoms with Crippen LogP contribution in [0.2, 0.25) is 0 Å². The number of ether oxygens (including phenoxy) is 2. The van der Waals surface area contributed by atoms with Gasteiger partial charge < -0.3 is 14.6 Å². The van der Waals surface area contributed by atoms with Crippen molar-refractivity contribution in [1.82, 2.24) is 15.0 Å². The van der Waals surface area contributed by atoms with Crippen LogP contribution in [0.5, 0.6) is 11.5 Å². The van der Waals surface area contributed by atoms with Crippen molar-refractivity contribution in [2.75, 3.05) is 7.11 Å². The smallest absolute Gasteiger partial charge is 0.303 e. The highest BCUT2D eigenvalue weighted by molar-refractivity contribution is 5.68. The van der Waals surface area contributed by atoms with Gasteiger partial charge in [0.1, 0.15) is 35.3 Å². The Labute approximate surface area is 191 Å². The second-order valence-electron chi connectivity index (χ2n) is 8.83. The molecule has 33 heavy (non-hydrogen) atoms. The molecule has 2 aromatic carbocycles. The van der Waals surface area contributed by atoms with Crippen LogP contribution in [0.4, 0.5) is 4.39 Å². The molecule has 7 nitrogen and oxygen atoms in total. The summed E-state index contributed by atoms with van der Waals surface area (Å²) in [5.41, 5.74) is 2.83. The van der Waals surface area contributed by atoms with E-state index in [4.69, 9.17) is 9.47 Å². The zero-order valence-electron chi connectivity index (χ0n) is 18.4. The Balaban J connectivity index is 1.37. The van der Waals surface area contributed by atoms with Crippen molar-refractivity contribution in [3.63, 3.8) is 0 Å². The minimum atomic E-state index is -0.784. The molecule has 0 unspecified atom stereocenters. The van der Waals surface area contributed by atoms with Crippen molar-refractivity contribution in [3.05, 3.63) is 65.2 Å². The molecule has 2 fully saturated rings. The number of carbonyl (C=O) groups is 1. The third kappa shape index (κ3) is 4.69. The van der Waals surface area contributed by atoms with Crippen molar-refractivity contribution in [1.29, 1.82) is 0 Å². The van der Waals surface area contributed by atoms with Gasteiger partial charge in [0.05, 0.1) is 19.2 Å². The predicted molar refractivity (Wildman–Crippen MR) is 118 cm³/mol. The first-order chi connectivity index (χ1) is 16.0. The van der Waals surface area contributed by atoms with Crippen LogP contribution in [-0.2, 0) is 11.4 Å². The van der Waals surface area contributed by atoms with E-state index in [1.165, 1.54) is 13.2 Å². The molecule has 2 saturated carbocycles. The van der Waals surface area contributed by atoms with Gasteiger partial charge in [0.15, 0.2) is 0 Å². The fourth-order valence-corrected chi connectivity index (χ4v) is 4.38. The minimum Gasteiger partial charge on any atom is -0.497 e. The molecule has 5 rings (SSSR count). The van der Waals surface area contributed by atoms with Crippen molar-refractivity contribution in [2.45, 2.75) is 50.5 Å². The minimum absolute atomic E-state index is 0.00462. The van der Waals surface area contributed by atoms with Crippen LogP contribution in [0, 0.1) is 11.7 Å². The number of halogens is 1. The van der Waals surface area contributed by atoms with Crippen LogP contribution in [0.15, 0.2) is 42.5 Å². The van der Waals surface area contributed by atoms with E-state index >= 15 is 0 Å². The molecule has 2 aliphatic carbocycles. The number of aromatic nitrogens is 3. The van der Waals surface area contributed by atoms with E-state index in [-0.39, 0.29) is 24.9 Å². The number of benzene rings is 2. The highest BCUT2D eigenvalue weighted by atomic mass is 19.1. The molecule has 1 N–H and O–H groups in total. The van der Waals surface area contributed by atoms with Crippen molar-refractivity contribution in [2.24, 2.45) is 5.92 Å². The lowest BCUT2D eigenvalue weighted by atomic mass is 9.91. The first kappa shape index (κ1) is 21.4. The highest BCUT2D eigenvalue weighted by Crippen LogP contribution is 2.45. The molecule has 8 heteroatoms. The van der Waals surface area contributed by atoms with Gasteiger partial charge in [-0.3, -0.25) is 4.79 Å². The Morgan fingerprint density at radius 1 is 1.18 bits per heavy atom. The first-order valence-electron chi connectivity index (χ1n) is 11.3. The molecule has 1 atom stereocenters. The Hall–Kier alpha value is -3.42. The van der Waals surface area contributed by atoms with Crippen LogP contribution < -0.4 is 9.47 Å². The Morgan fingerprint density at radius 3 is 2.70 bits per heavy atom. The molecule has 0 aliphatic heterocycles. The average Bonchev–Trinajstić information content (AvgIpc) is 3.75. The summed E-state index contributed by atoms with van der Waals surface area (Å²) in [6.07, 6.45) is 4.26. The van der Waals surface area contributed by atoms with E-state index in [1.54, 1.807) is 16.8 Å². The molecule has 172 valence electrons. The van der Waals surface area contributed by atoms with Crippen LogP contribution >= 0.6 is 0 Å². The molecule has 3 aromatic rings. The molecule has 1 aromatic heterocycles.